The molecule has 3 nitrogen and oxygen atoms in total. The van der Waals surface area contributed by atoms with E-state index >= 15 is 0 Å². The molecule has 44 valence electrons. The first kappa shape index (κ1) is 7.73. The summed E-state index contributed by atoms with van der Waals surface area (Å²) < 4.78 is 17.8. The van der Waals surface area contributed by atoms with Gasteiger partial charge >= 0.3 is 7.60 Å². The normalized spacial score (nSPS) is 11.9. The second kappa shape index (κ2) is 2.90. The fraction of sp³-hybridized carbons (Fsp3) is 1.00. The lowest BCUT2D eigenvalue weighted by Crippen LogP contribution is -1.72. The van der Waals surface area contributed by atoms with Crippen LogP contribution in [0, 0.1) is 0 Å². The molecule has 0 aliphatic heterocycles. The maximum absolute atomic E-state index is 10.2. The molecule has 0 aliphatic carbocycles. The van der Waals surface area contributed by atoms with Gasteiger partial charge in [-0.25, -0.2) is 0 Å². The van der Waals surface area contributed by atoms with Gasteiger partial charge in [0.1, 0.15) is 0 Å². The Hall–Kier alpha value is 0.730. The summed E-state index contributed by atoms with van der Waals surface area (Å²) in [5.41, 5.74) is 0. The standard InChI is InChI=1S/CH3Cl2O3P/c1-7(4,5-2)6-3/h1H3. The number of hydrogen-bond acceptors (Lipinski definition) is 3. The van der Waals surface area contributed by atoms with Crippen molar-refractivity contribution in [3.05, 3.63) is 0 Å². The van der Waals surface area contributed by atoms with E-state index in [4.69, 9.17) is 0 Å². The third kappa shape index (κ3) is 3.32. The summed E-state index contributed by atoms with van der Waals surface area (Å²) in [6.07, 6.45) is 0. The molecule has 0 N–H and O–H groups in total. The van der Waals surface area contributed by atoms with Gasteiger partial charge in [-0.05, 0) is 0 Å². The SMILES string of the molecule is CP(=O)(OCl)OCl. The van der Waals surface area contributed by atoms with Crippen molar-refractivity contribution in [3.8, 4) is 0 Å². The average Bonchev–Trinajstić information content (AvgIpc) is 1.68. The molecule has 0 aromatic heterocycles. The molecule has 0 spiro atoms. The molecule has 0 aliphatic rings. The van der Waals surface area contributed by atoms with E-state index < -0.39 is 7.60 Å². The van der Waals surface area contributed by atoms with Gasteiger partial charge in [-0.3, -0.25) is 4.57 Å². The summed E-state index contributed by atoms with van der Waals surface area (Å²) in [5.74, 6) is 0. The highest BCUT2D eigenvalue weighted by Gasteiger charge is 2.13. The molecule has 0 heterocycles. The molecule has 0 aromatic carbocycles. The fourth-order valence-corrected chi connectivity index (χ4v) is 0.287. The topological polar surface area (TPSA) is 35.5 Å². The van der Waals surface area contributed by atoms with E-state index in [1.165, 1.54) is 0 Å². The largest absolute Gasteiger partial charge is 0.360 e. The molecule has 0 aromatic rings. The molecule has 0 bridgehead atoms. The van der Waals surface area contributed by atoms with E-state index in [2.05, 4.69) is 31.9 Å². The minimum Gasteiger partial charge on any atom is -0.258 e. The lowest BCUT2D eigenvalue weighted by atomic mass is 12.0. The highest BCUT2D eigenvalue weighted by Crippen LogP contribution is 2.46. The van der Waals surface area contributed by atoms with Crippen LogP contribution in [0.15, 0.2) is 0 Å². The molecular weight excluding hydrogens is 162 g/mol. The Morgan fingerprint density at radius 3 is 1.71 bits per heavy atom. The highest BCUT2D eigenvalue weighted by molar-refractivity contribution is 7.54. The predicted octanol–water partition coefficient (Wildman–Crippen LogP) is 2.15. The van der Waals surface area contributed by atoms with Crippen molar-refractivity contribution in [2.45, 2.75) is 0 Å². The van der Waals surface area contributed by atoms with Crippen molar-refractivity contribution < 1.29 is 12.7 Å². The zero-order valence-electron chi connectivity index (χ0n) is 3.43. The second-order valence-corrected chi connectivity index (χ2v) is 3.56. The summed E-state index contributed by atoms with van der Waals surface area (Å²) in [6, 6.07) is 0. The summed E-state index contributed by atoms with van der Waals surface area (Å²) in [5, 5.41) is 0. The van der Waals surface area contributed by atoms with Crippen LogP contribution >= 0.6 is 31.3 Å². The van der Waals surface area contributed by atoms with Crippen LogP contribution in [0.3, 0.4) is 0 Å². The van der Waals surface area contributed by atoms with Gasteiger partial charge in [-0.1, -0.05) is 0 Å². The first-order chi connectivity index (χ1) is 3.12. The van der Waals surface area contributed by atoms with Gasteiger partial charge in [0.05, 0.1) is 23.7 Å². The van der Waals surface area contributed by atoms with Crippen molar-refractivity contribution in [1.82, 2.24) is 0 Å². The van der Waals surface area contributed by atoms with Crippen molar-refractivity contribution in [2.75, 3.05) is 6.66 Å². The Morgan fingerprint density at radius 1 is 1.43 bits per heavy atom. The molecule has 0 fully saturated rings. The van der Waals surface area contributed by atoms with Gasteiger partial charge in [-0.15, -0.1) is 0 Å². The quantitative estimate of drug-likeness (QED) is 0.588. The zero-order valence-corrected chi connectivity index (χ0v) is 5.83. The number of halogens is 2. The lowest BCUT2D eigenvalue weighted by Gasteiger charge is -1.97. The van der Waals surface area contributed by atoms with Crippen molar-refractivity contribution >= 4 is 31.3 Å². The van der Waals surface area contributed by atoms with Crippen LogP contribution in [0.25, 0.3) is 0 Å². The minimum absolute atomic E-state index is 1.15. The van der Waals surface area contributed by atoms with E-state index in [-0.39, 0.29) is 0 Å². The van der Waals surface area contributed by atoms with Crippen molar-refractivity contribution in [3.63, 3.8) is 0 Å². The second-order valence-electron chi connectivity index (χ2n) is 0.909. The Morgan fingerprint density at radius 2 is 1.71 bits per heavy atom. The molecule has 0 rings (SSSR count). The fourth-order valence-electron chi connectivity index (χ4n) is 0.0106. The smallest absolute Gasteiger partial charge is 0.258 e. The minimum atomic E-state index is -3.12. The molecule has 7 heavy (non-hydrogen) atoms. The van der Waals surface area contributed by atoms with Gasteiger partial charge in [0.25, 0.3) is 0 Å². The van der Waals surface area contributed by atoms with E-state index in [1.54, 1.807) is 0 Å². The van der Waals surface area contributed by atoms with Crippen molar-refractivity contribution in [2.24, 2.45) is 0 Å². The molecule has 6 heteroatoms. The van der Waals surface area contributed by atoms with E-state index in [1.807, 2.05) is 0 Å². The van der Waals surface area contributed by atoms with Crippen LogP contribution in [-0.2, 0) is 12.7 Å². The van der Waals surface area contributed by atoms with Gasteiger partial charge in [0.15, 0.2) is 0 Å². The molecule has 0 saturated carbocycles. The van der Waals surface area contributed by atoms with Crippen LogP contribution in [0.2, 0.25) is 0 Å². The third-order valence-corrected chi connectivity index (χ3v) is 2.26. The lowest BCUT2D eigenvalue weighted by molar-refractivity contribution is 0.424. The van der Waals surface area contributed by atoms with Crippen LogP contribution in [0.1, 0.15) is 0 Å². The Bertz CT molecular complexity index is 84.9. The average molecular weight is 165 g/mol. The van der Waals surface area contributed by atoms with Gasteiger partial charge in [0.2, 0.25) is 0 Å². The summed E-state index contributed by atoms with van der Waals surface area (Å²) in [7, 11) is -3.12. The van der Waals surface area contributed by atoms with Crippen LogP contribution < -0.4 is 0 Å². The van der Waals surface area contributed by atoms with E-state index in [0.29, 0.717) is 0 Å². The van der Waals surface area contributed by atoms with Crippen molar-refractivity contribution in [1.29, 1.82) is 0 Å². The van der Waals surface area contributed by atoms with E-state index in [9.17, 15) is 4.57 Å². The third-order valence-electron chi connectivity index (χ3n) is 0.251. The molecular formula is CH3Cl2O3P. The maximum atomic E-state index is 10.2. The van der Waals surface area contributed by atoms with Gasteiger partial charge in [0, 0.05) is 6.66 Å². The predicted molar refractivity (Wildman–Crippen MR) is 27.4 cm³/mol. The van der Waals surface area contributed by atoms with Gasteiger partial charge < -0.3 is 0 Å². The zero-order chi connectivity index (χ0) is 5.91. The Kier molecular flexibility index (Phi) is 3.20. The van der Waals surface area contributed by atoms with Gasteiger partial charge in [-0.2, -0.15) is 8.15 Å². The monoisotopic (exact) mass is 164 g/mol. The van der Waals surface area contributed by atoms with Crippen LogP contribution in [0.5, 0.6) is 0 Å². The van der Waals surface area contributed by atoms with Crippen LogP contribution in [-0.4, -0.2) is 6.66 Å². The molecule has 0 unspecified atom stereocenters. The summed E-state index contributed by atoms with van der Waals surface area (Å²) >= 11 is 9.24. The summed E-state index contributed by atoms with van der Waals surface area (Å²) in [6.45, 7) is 1.15. The van der Waals surface area contributed by atoms with E-state index in [0.717, 1.165) is 6.66 Å². The first-order valence-electron chi connectivity index (χ1n) is 1.30. The summed E-state index contributed by atoms with van der Waals surface area (Å²) in [4.78, 5) is 0. The molecule has 0 amide bonds. The molecule has 0 atom stereocenters. The first-order valence-corrected chi connectivity index (χ1v) is 3.91. The number of rotatable bonds is 2. The van der Waals surface area contributed by atoms with Crippen LogP contribution in [0.4, 0.5) is 0 Å². The maximum Gasteiger partial charge on any atom is 0.360 e. The Labute approximate surface area is 51.4 Å². The molecule has 0 radical (unpaired) electrons. The molecule has 0 saturated heterocycles. The number of hydrogen-bond donors (Lipinski definition) is 0. The Balaban J connectivity index is 3.61. The highest BCUT2D eigenvalue weighted by atomic mass is 35.5.